The van der Waals surface area contributed by atoms with Gasteiger partial charge in [-0.05, 0) is 72.6 Å². The standard InChI is InChI=1S/C29H21F3N8O2S/c1-16-6-7-17(13-22(16)38-28-35-12-10-21(37-28)18-5-4-11-34-15-18)25(41)36-19-8-9-23(20(14-19)29(30,31)32)40(3)27-24(33-2)26(42)39-43-27/h4-15H,1,3H3,(H,36,41)(H,39,42)(H,35,37,38). The lowest BCUT2D eigenvalue weighted by atomic mass is 10.1. The third kappa shape index (κ3) is 6.21. The van der Waals surface area contributed by atoms with Crippen molar-refractivity contribution >= 4 is 51.1 Å². The maximum absolute atomic E-state index is 14.1. The summed E-state index contributed by atoms with van der Waals surface area (Å²) < 4.78 is 46.0. The number of halogens is 3. The summed E-state index contributed by atoms with van der Waals surface area (Å²) in [5.41, 5.74) is 1.27. The summed E-state index contributed by atoms with van der Waals surface area (Å²) in [6.07, 6.45) is 0.123. The van der Waals surface area contributed by atoms with Crippen LogP contribution in [0, 0.1) is 13.5 Å². The summed E-state index contributed by atoms with van der Waals surface area (Å²) in [5, 5.41) is 15.4. The Balaban J connectivity index is 1.39. The van der Waals surface area contributed by atoms with Gasteiger partial charge in [-0.15, -0.1) is 0 Å². The van der Waals surface area contributed by atoms with Crippen LogP contribution in [0.25, 0.3) is 16.1 Å². The molecule has 3 aromatic heterocycles. The molecule has 0 unspecified atom stereocenters. The molecule has 43 heavy (non-hydrogen) atoms. The normalized spacial score (nSPS) is 11.1. The largest absolute Gasteiger partial charge is 0.501 e. The number of aryl methyl sites for hydroxylation is 1. The van der Waals surface area contributed by atoms with E-state index in [-0.39, 0.29) is 33.6 Å². The molecule has 216 valence electrons. The summed E-state index contributed by atoms with van der Waals surface area (Å²) in [6.45, 7) is 9.05. The topological polar surface area (TPSA) is 121 Å². The predicted molar refractivity (Wildman–Crippen MR) is 157 cm³/mol. The van der Waals surface area contributed by atoms with E-state index in [0.717, 1.165) is 22.1 Å². The number of hydrogen-bond donors (Lipinski definition) is 3. The average Bonchev–Trinajstić information content (AvgIpc) is 3.38. The molecule has 0 aliphatic rings. The lowest BCUT2D eigenvalue weighted by molar-refractivity contribution is -0.137. The average molecular weight is 603 g/mol. The zero-order valence-corrected chi connectivity index (χ0v) is 23.3. The van der Waals surface area contributed by atoms with E-state index >= 15 is 0 Å². The Morgan fingerprint density at radius 1 is 1.12 bits per heavy atom. The van der Waals surface area contributed by atoms with Crippen LogP contribution in [0.15, 0.2) is 73.2 Å². The maximum Gasteiger partial charge on any atom is 0.418 e. The van der Waals surface area contributed by atoms with E-state index in [1.165, 1.54) is 19.2 Å². The van der Waals surface area contributed by atoms with Crippen LogP contribution in [0.2, 0.25) is 0 Å². The Kier molecular flexibility index (Phi) is 7.91. The molecule has 0 saturated heterocycles. The minimum Gasteiger partial charge on any atom is -0.501 e. The second-order valence-electron chi connectivity index (χ2n) is 9.18. The van der Waals surface area contributed by atoms with E-state index in [9.17, 15) is 23.1 Å². The monoisotopic (exact) mass is 602 g/mol. The number of carbonyl (C=O) groups is 1. The van der Waals surface area contributed by atoms with Gasteiger partial charge in [-0.2, -0.15) is 17.5 Å². The Hall–Kier alpha value is -5.55. The number of anilines is 5. The Morgan fingerprint density at radius 3 is 2.65 bits per heavy atom. The molecule has 0 aliphatic carbocycles. The highest BCUT2D eigenvalue weighted by molar-refractivity contribution is 7.11. The van der Waals surface area contributed by atoms with Crippen molar-refractivity contribution < 1.29 is 23.1 Å². The number of aromatic nitrogens is 4. The third-order valence-corrected chi connectivity index (χ3v) is 7.23. The number of rotatable bonds is 7. The van der Waals surface area contributed by atoms with Crippen LogP contribution in [0.5, 0.6) is 5.88 Å². The molecule has 5 rings (SSSR count). The number of aromatic hydroxyl groups is 1. The lowest BCUT2D eigenvalue weighted by Crippen LogP contribution is -2.18. The highest BCUT2D eigenvalue weighted by atomic mass is 32.1. The van der Waals surface area contributed by atoms with Crippen LogP contribution >= 0.6 is 11.5 Å². The van der Waals surface area contributed by atoms with Crippen LogP contribution in [0.1, 0.15) is 21.5 Å². The minimum atomic E-state index is -4.79. The zero-order chi connectivity index (χ0) is 30.7. The molecular weight excluding hydrogens is 581 g/mol. The van der Waals surface area contributed by atoms with Gasteiger partial charge in [0.25, 0.3) is 11.6 Å². The smallest absolute Gasteiger partial charge is 0.418 e. The highest BCUT2D eigenvalue weighted by Gasteiger charge is 2.36. The molecule has 14 heteroatoms. The predicted octanol–water partition coefficient (Wildman–Crippen LogP) is 7.34. The van der Waals surface area contributed by atoms with Crippen LogP contribution < -0.4 is 15.5 Å². The Bertz CT molecular complexity index is 1860. The number of nitrogens with one attached hydrogen (secondary N) is 2. The summed E-state index contributed by atoms with van der Waals surface area (Å²) in [5.74, 6) is -0.906. The molecule has 0 saturated carbocycles. The molecular formula is C29H21F3N8O2S. The van der Waals surface area contributed by atoms with Crippen molar-refractivity contribution in [3.05, 3.63) is 101 Å². The van der Waals surface area contributed by atoms with Crippen molar-refractivity contribution in [1.29, 1.82) is 0 Å². The summed E-state index contributed by atoms with van der Waals surface area (Å²) in [7, 11) is 1.33. The first kappa shape index (κ1) is 29.0. The van der Waals surface area contributed by atoms with Gasteiger partial charge in [0.15, 0.2) is 0 Å². The Morgan fingerprint density at radius 2 is 1.93 bits per heavy atom. The third-order valence-electron chi connectivity index (χ3n) is 6.33. The molecule has 0 aliphatic heterocycles. The number of amides is 1. The fourth-order valence-electron chi connectivity index (χ4n) is 4.14. The molecule has 0 atom stereocenters. The number of pyridine rings is 1. The number of nitrogens with zero attached hydrogens (tertiary/aromatic N) is 6. The second kappa shape index (κ2) is 11.7. The molecule has 3 N–H and O–H groups in total. The number of benzene rings is 2. The lowest BCUT2D eigenvalue weighted by Gasteiger charge is -2.23. The van der Waals surface area contributed by atoms with Gasteiger partial charge in [-0.1, -0.05) is 6.07 Å². The van der Waals surface area contributed by atoms with E-state index in [2.05, 4.69) is 34.8 Å². The summed E-state index contributed by atoms with van der Waals surface area (Å²) in [4.78, 5) is 30.3. The van der Waals surface area contributed by atoms with Gasteiger partial charge in [0.2, 0.25) is 11.8 Å². The number of alkyl halides is 3. The van der Waals surface area contributed by atoms with Crippen molar-refractivity contribution in [2.24, 2.45) is 0 Å². The van der Waals surface area contributed by atoms with Crippen LogP contribution in [0.4, 0.5) is 46.9 Å². The quantitative estimate of drug-likeness (QED) is 0.166. The molecule has 0 fully saturated rings. The van der Waals surface area contributed by atoms with E-state index in [1.54, 1.807) is 48.9 Å². The first-order chi connectivity index (χ1) is 20.5. The molecule has 1 amide bonds. The van der Waals surface area contributed by atoms with Crippen LogP contribution in [0.3, 0.4) is 0 Å². The molecule has 3 heterocycles. The fraction of sp³-hybridized carbons (Fsp3) is 0.103. The minimum absolute atomic E-state index is 0.0458. The summed E-state index contributed by atoms with van der Waals surface area (Å²) in [6, 6.07) is 13.5. The van der Waals surface area contributed by atoms with Gasteiger partial charge in [0.05, 0.1) is 23.5 Å². The first-order valence-electron chi connectivity index (χ1n) is 12.5. The van der Waals surface area contributed by atoms with Crippen LogP contribution in [-0.2, 0) is 6.18 Å². The van der Waals surface area contributed by atoms with Crippen LogP contribution in [-0.4, -0.2) is 37.4 Å². The molecule has 0 radical (unpaired) electrons. The van der Waals surface area contributed by atoms with Gasteiger partial charge < -0.3 is 20.6 Å². The molecule has 10 nitrogen and oxygen atoms in total. The van der Waals surface area contributed by atoms with Crippen molar-refractivity contribution in [1.82, 2.24) is 19.3 Å². The van der Waals surface area contributed by atoms with Crippen molar-refractivity contribution in [2.75, 3.05) is 22.6 Å². The van der Waals surface area contributed by atoms with Gasteiger partial charge >= 0.3 is 6.18 Å². The maximum atomic E-state index is 14.1. The molecule has 2 aromatic carbocycles. The number of hydrogen-bond acceptors (Lipinski definition) is 9. The van der Waals surface area contributed by atoms with E-state index in [1.807, 2.05) is 13.0 Å². The van der Waals surface area contributed by atoms with Crippen molar-refractivity contribution in [3.8, 4) is 17.1 Å². The Labute approximate surface area is 247 Å². The van der Waals surface area contributed by atoms with Crippen molar-refractivity contribution in [2.45, 2.75) is 13.1 Å². The first-order valence-corrected chi connectivity index (χ1v) is 13.3. The molecule has 0 bridgehead atoms. The van der Waals surface area contributed by atoms with E-state index in [0.29, 0.717) is 22.9 Å². The number of carbonyl (C=O) groups excluding carboxylic acids is 1. The van der Waals surface area contributed by atoms with Gasteiger partial charge in [-0.3, -0.25) is 9.78 Å². The summed E-state index contributed by atoms with van der Waals surface area (Å²) >= 11 is 0.695. The van der Waals surface area contributed by atoms with Gasteiger partial charge in [-0.25, -0.2) is 14.8 Å². The van der Waals surface area contributed by atoms with E-state index < -0.39 is 23.5 Å². The molecule has 0 spiro atoms. The van der Waals surface area contributed by atoms with Gasteiger partial charge in [0.1, 0.15) is 5.00 Å². The highest BCUT2D eigenvalue weighted by Crippen LogP contribution is 2.46. The van der Waals surface area contributed by atoms with Crippen molar-refractivity contribution in [3.63, 3.8) is 0 Å². The SMILES string of the molecule is [C-]#[N+]c1c(O)nsc1N(C)c1ccc(NC(=O)c2ccc(C)c(Nc3nccc(-c4cccnc4)n3)c2)cc1C(F)(F)F. The fourth-order valence-corrected chi connectivity index (χ4v) is 4.85. The van der Waals surface area contributed by atoms with Gasteiger partial charge in [0, 0.05) is 48.1 Å². The molecule has 5 aromatic rings. The zero-order valence-electron chi connectivity index (χ0n) is 22.5. The second-order valence-corrected chi connectivity index (χ2v) is 9.93. The van der Waals surface area contributed by atoms with E-state index in [4.69, 9.17) is 6.57 Å².